The molecule has 0 bridgehead atoms. The number of nitrogens with zero attached hydrogens (tertiary/aromatic N) is 1. The molecule has 144 valence electrons. The molecule has 0 aliphatic heterocycles. The van der Waals surface area contributed by atoms with Crippen LogP contribution in [0.5, 0.6) is 0 Å². The van der Waals surface area contributed by atoms with Crippen molar-refractivity contribution in [1.29, 1.82) is 0 Å². The minimum absolute atomic E-state index is 0.0995. The van der Waals surface area contributed by atoms with E-state index in [0.29, 0.717) is 30.9 Å². The van der Waals surface area contributed by atoms with Crippen LogP contribution in [-0.2, 0) is 9.53 Å². The third kappa shape index (κ3) is 6.51. The fourth-order valence-electron chi connectivity index (χ4n) is 2.69. The normalized spacial score (nSPS) is 10.4. The van der Waals surface area contributed by atoms with E-state index in [1.165, 1.54) is 0 Å². The van der Waals surface area contributed by atoms with Crippen LogP contribution in [0.1, 0.15) is 23.7 Å². The van der Waals surface area contributed by atoms with Gasteiger partial charge in [-0.15, -0.1) is 0 Å². The lowest BCUT2D eigenvalue weighted by molar-refractivity contribution is -0.115. The summed E-state index contributed by atoms with van der Waals surface area (Å²) in [5.41, 5.74) is 1.99. The average Bonchev–Trinajstić information content (AvgIpc) is 2.69. The van der Waals surface area contributed by atoms with E-state index in [0.717, 1.165) is 12.1 Å². The first-order valence-electron chi connectivity index (χ1n) is 9.12. The van der Waals surface area contributed by atoms with E-state index in [-0.39, 0.29) is 18.4 Å². The molecule has 0 aliphatic rings. The summed E-state index contributed by atoms with van der Waals surface area (Å²) >= 11 is 0. The quantitative estimate of drug-likeness (QED) is 0.632. The van der Waals surface area contributed by atoms with Gasteiger partial charge in [0.1, 0.15) is 0 Å². The lowest BCUT2D eigenvalue weighted by atomic mass is 10.1. The molecule has 0 aromatic heterocycles. The molecule has 2 rings (SSSR count). The van der Waals surface area contributed by atoms with Crippen LogP contribution < -0.4 is 15.5 Å². The Morgan fingerprint density at radius 1 is 1.07 bits per heavy atom. The number of carbonyl (C=O) groups excluding carboxylic acids is 2. The van der Waals surface area contributed by atoms with Gasteiger partial charge in [0.05, 0.1) is 6.54 Å². The first-order valence-corrected chi connectivity index (χ1v) is 9.12. The Hall–Kier alpha value is -2.70. The standard InChI is InChI=1S/C21H27N3O3/c1-3-24(19-11-5-4-6-12-19)21(26)17-9-7-10-18(15-17)23-20(25)16-22-13-8-14-27-2/h4-7,9-12,15,22H,3,8,13-14,16H2,1-2H3,(H,23,25). The average molecular weight is 369 g/mol. The molecule has 0 unspecified atom stereocenters. The summed E-state index contributed by atoms with van der Waals surface area (Å²) in [6, 6.07) is 16.5. The van der Waals surface area contributed by atoms with Gasteiger partial charge in [0, 0.05) is 37.2 Å². The summed E-state index contributed by atoms with van der Waals surface area (Å²) in [4.78, 5) is 26.6. The molecule has 6 nitrogen and oxygen atoms in total. The summed E-state index contributed by atoms with van der Waals surface area (Å²) in [7, 11) is 1.65. The minimum Gasteiger partial charge on any atom is -0.385 e. The maximum atomic E-state index is 12.9. The van der Waals surface area contributed by atoms with Crippen molar-refractivity contribution in [2.45, 2.75) is 13.3 Å². The lowest BCUT2D eigenvalue weighted by Crippen LogP contribution is -2.31. The fraction of sp³-hybridized carbons (Fsp3) is 0.333. The Morgan fingerprint density at radius 2 is 1.85 bits per heavy atom. The van der Waals surface area contributed by atoms with Gasteiger partial charge in [0.2, 0.25) is 5.91 Å². The predicted octanol–water partition coefficient (Wildman–Crippen LogP) is 2.92. The number of benzene rings is 2. The van der Waals surface area contributed by atoms with Gasteiger partial charge in [0.25, 0.3) is 5.91 Å². The molecule has 0 saturated heterocycles. The number of para-hydroxylation sites is 1. The molecule has 0 aliphatic carbocycles. The van der Waals surface area contributed by atoms with Gasteiger partial charge in [-0.2, -0.15) is 0 Å². The second-order valence-electron chi connectivity index (χ2n) is 6.04. The van der Waals surface area contributed by atoms with Gasteiger partial charge >= 0.3 is 0 Å². The van der Waals surface area contributed by atoms with Gasteiger partial charge in [-0.05, 0) is 50.2 Å². The highest BCUT2D eigenvalue weighted by molar-refractivity contribution is 6.07. The second kappa shape index (κ2) is 11.1. The van der Waals surface area contributed by atoms with Gasteiger partial charge in [-0.25, -0.2) is 0 Å². The van der Waals surface area contributed by atoms with E-state index >= 15 is 0 Å². The van der Waals surface area contributed by atoms with Crippen molar-refractivity contribution in [3.8, 4) is 0 Å². The number of hydrogen-bond acceptors (Lipinski definition) is 4. The van der Waals surface area contributed by atoms with Crippen molar-refractivity contribution in [1.82, 2.24) is 5.32 Å². The highest BCUT2D eigenvalue weighted by Crippen LogP contribution is 2.18. The summed E-state index contributed by atoms with van der Waals surface area (Å²) in [5.74, 6) is -0.245. The maximum Gasteiger partial charge on any atom is 0.258 e. The third-order valence-electron chi connectivity index (χ3n) is 4.01. The first-order chi connectivity index (χ1) is 13.2. The lowest BCUT2D eigenvalue weighted by Gasteiger charge is -2.21. The van der Waals surface area contributed by atoms with Crippen LogP contribution in [0.25, 0.3) is 0 Å². The molecule has 0 atom stereocenters. The van der Waals surface area contributed by atoms with Crippen LogP contribution in [0.3, 0.4) is 0 Å². The summed E-state index contributed by atoms with van der Waals surface area (Å²) in [6.45, 7) is 4.08. The number of amides is 2. The number of ether oxygens (including phenoxy) is 1. The molecule has 6 heteroatoms. The van der Waals surface area contributed by atoms with Crippen molar-refractivity contribution in [3.05, 3.63) is 60.2 Å². The third-order valence-corrected chi connectivity index (χ3v) is 4.01. The van der Waals surface area contributed by atoms with Crippen LogP contribution in [-0.4, -0.2) is 45.2 Å². The predicted molar refractivity (Wildman–Crippen MR) is 108 cm³/mol. The maximum absolute atomic E-state index is 12.9. The summed E-state index contributed by atoms with van der Waals surface area (Å²) in [5, 5.41) is 5.88. The van der Waals surface area contributed by atoms with E-state index in [9.17, 15) is 9.59 Å². The molecule has 0 spiro atoms. The molecule has 2 aromatic carbocycles. The Bertz CT molecular complexity index is 734. The molecule has 0 radical (unpaired) electrons. The molecule has 2 amide bonds. The molecule has 0 heterocycles. The van der Waals surface area contributed by atoms with Crippen LogP contribution in [0, 0.1) is 0 Å². The molecular formula is C21H27N3O3. The molecule has 2 aromatic rings. The van der Waals surface area contributed by atoms with Crippen LogP contribution >= 0.6 is 0 Å². The Labute approximate surface area is 160 Å². The van der Waals surface area contributed by atoms with Crippen LogP contribution in [0.4, 0.5) is 11.4 Å². The highest BCUT2D eigenvalue weighted by Gasteiger charge is 2.16. The van der Waals surface area contributed by atoms with Gasteiger partial charge < -0.3 is 20.3 Å². The largest absolute Gasteiger partial charge is 0.385 e. The first kappa shape index (κ1) is 20.6. The topological polar surface area (TPSA) is 70.7 Å². The van der Waals surface area contributed by atoms with Crippen molar-refractivity contribution in [3.63, 3.8) is 0 Å². The molecule has 27 heavy (non-hydrogen) atoms. The number of hydrogen-bond donors (Lipinski definition) is 2. The van der Waals surface area contributed by atoms with Crippen molar-refractivity contribution >= 4 is 23.2 Å². The number of anilines is 2. The second-order valence-corrected chi connectivity index (χ2v) is 6.04. The number of methoxy groups -OCH3 is 1. The minimum atomic E-state index is -0.146. The number of rotatable bonds is 10. The van der Waals surface area contributed by atoms with Crippen LogP contribution in [0.15, 0.2) is 54.6 Å². The number of carbonyl (C=O) groups is 2. The Kier molecular flexibility index (Phi) is 8.48. The molecule has 0 saturated carbocycles. The molecule has 2 N–H and O–H groups in total. The van der Waals surface area contributed by atoms with E-state index in [1.807, 2.05) is 37.3 Å². The summed E-state index contributed by atoms with van der Waals surface area (Å²) in [6.07, 6.45) is 0.847. The van der Waals surface area contributed by atoms with E-state index in [4.69, 9.17) is 4.74 Å². The Morgan fingerprint density at radius 3 is 2.56 bits per heavy atom. The van der Waals surface area contributed by atoms with Crippen molar-refractivity contribution in [2.24, 2.45) is 0 Å². The number of nitrogens with one attached hydrogen (secondary N) is 2. The zero-order chi connectivity index (χ0) is 19.5. The molecular weight excluding hydrogens is 342 g/mol. The zero-order valence-electron chi connectivity index (χ0n) is 15.9. The van der Waals surface area contributed by atoms with E-state index < -0.39 is 0 Å². The van der Waals surface area contributed by atoms with Gasteiger partial charge in [-0.1, -0.05) is 24.3 Å². The zero-order valence-corrected chi connectivity index (χ0v) is 15.9. The highest BCUT2D eigenvalue weighted by atomic mass is 16.5. The fourth-order valence-corrected chi connectivity index (χ4v) is 2.69. The Balaban J connectivity index is 1.97. The summed E-state index contributed by atoms with van der Waals surface area (Å²) < 4.78 is 4.96. The monoisotopic (exact) mass is 369 g/mol. The van der Waals surface area contributed by atoms with Crippen LogP contribution in [0.2, 0.25) is 0 Å². The van der Waals surface area contributed by atoms with E-state index in [2.05, 4.69) is 10.6 Å². The smallest absolute Gasteiger partial charge is 0.258 e. The molecule has 0 fully saturated rings. The van der Waals surface area contributed by atoms with E-state index in [1.54, 1.807) is 36.3 Å². The van der Waals surface area contributed by atoms with Crippen molar-refractivity contribution in [2.75, 3.05) is 43.6 Å². The van der Waals surface area contributed by atoms with Gasteiger partial charge in [0.15, 0.2) is 0 Å². The van der Waals surface area contributed by atoms with Crippen molar-refractivity contribution < 1.29 is 14.3 Å². The van der Waals surface area contributed by atoms with Gasteiger partial charge in [-0.3, -0.25) is 9.59 Å². The SMILES string of the molecule is CCN(C(=O)c1cccc(NC(=O)CNCCCOC)c1)c1ccccc1.